The molecule has 0 aliphatic rings. The van der Waals surface area contributed by atoms with Crippen LogP contribution in [0.1, 0.15) is 33.3 Å². The van der Waals surface area contributed by atoms with E-state index >= 15 is 0 Å². The SMILES string of the molecule is CC(C)N(C(=S)c1cc(-c2ccccc2)sc1-c1ccccc1)C(C)C. The van der Waals surface area contributed by atoms with Crippen molar-refractivity contribution in [2.45, 2.75) is 39.8 Å². The van der Waals surface area contributed by atoms with Crippen LogP contribution in [-0.2, 0) is 0 Å². The zero-order valence-corrected chi connectivity index (χ0v) is 17.4. The van der Waals surface area contributed by atoms with Crippen LogP contribution in [0, 0.1) is 0 Å². The Balaban J connectivity index is 2.14. The molecule has 0 saturated heterocycles. The first-order valence-corrected chi connectivity index (χ1v) is 10.3. The second-order valence-corrected chi connectivity index (χ2v) is 8.42. The topological polar surface area (TPSA) is 3.24 Å². The Morgan fingerprint density at radius 3 is 1.81 bits per heavy atom. The molecular weight excluding hydrogens is 354 g/mol. The minimum Gasteiger partial charge on any atom is -0.357 e. The fourth-order valence-electron chi connectivity index (χ4n) is 3.30. The highest BCUT2D eigenvalue weighted by molar-refractivity contribution is 7.80. The number of thiocarbonyl (C=S) groups is 1. The molecule has 0 bridgehead atoms. The monoisotopic (exact) mass is 379 g/mol. The van der Waals surface area contributed by atoms with Gasteiger partial charge in [-0.1, -0.05) is 72.9 Å². The molecule has 3 heteroatoms. The van der Waals surface area contributed by atoms with Crippen molar-refractivity contribution in [2.75, 3.05) is 0 Å². The van der Waals surface area contributed by atoms with Gasteiger partial charge in [0.15, 0.2) is 0 Å². The Morgan fingerprint density at radius 1 is 0.808 bits per heavy atom. The van der Waals surface area contributed by atoms with Crippen molar-refractivity contribution in [2.24, 2.45) is 0 Å². The maximum atomic E-state index is 5.98. The van der Waals surface area contributed by atoms with Crippen molar-refractivity contribution in [3.63, 3.8) is 0 Å². The molecule has 1 aromatic heterocycles. The van der Waals surface area contributed by atoms with E-state index in [4.69, 9.17) is 12.2 Å². The lowest BCUT2D eigenvalue weighted by Gasteiger charge is -2.33. The van der Waals surface area contributed by atoms with E-state index in [1.807, 2.05) is 11.3 Å². The summed E-state index contributed by atoms with van der Waals surface area (Å²) < 4.78 is 0. The zero-order chi connectivity index (χ0) is 18.7. The first-order chi connectivity index (χ1) is 12.5. The second-order valence-electron chi connectivity index (χ2n) is 6.99. The first-order valence-electron chi connectivity index (χ1n) is 9.06. The van der Waals surface area contributed by atoms with Gasteiger partial charge in [-0.15, -0.1) is 11.3 Å². The molecule has 1 nitrogen and oxygen atoms in total. The van der Waals surface area contributed by atoms with E-state index in [1.54, 1.807) is 0 Å². The van der Waals surface area contributed by atoms with Crippen molar-refractivity contribution < 1.29 is 0 Å². The van der Waals surface area contributed by atoms with E-state index in [0.29, 0.717) is 12.1 Å². The van der Waals surface area contributed by atoms with E-state index in [1.165, 1.54) is 20.9 Å². The summed E-state index contributed by atoms with van der Waals surface area (Å²) in [5, 5.41) is 0. The number of nitrogens with zero attached hydrogens (tertiary/aromatic N) is 1. The number of thiophene rings is 1. The Labute approximate surface area is 166 Å². The molecule has 2 aromatic carbocycles. The van der Waals surface area contributed by atoms with Gasteiger partial charge in [-0.2, -0.15) is 0 Å². The molecular formula is C23H25NS2. The lowest BCUT2D eigenvalue weighted by Crippen LogP contribution is -2.41. The number of hydrogen-bond donors (Lipinski definition) is 0. The van der Waals surface area contributed by atoms with E-state index in [-0.39, 0.29) is 0 Å². The summed E-state index contributed by atoms with van der Waals surface area (Å²) in [7, 11) is 0. The summed E-state index contributed by atoms with van der Waals surface area (Å²) in [5.41, 5.74) is 3.63. The van der Waals surface area contributed by atoms with Crippen LogP contribution < -0.4 is 0 Å². The Bertz CT molecular complexity index is 856. The van der Waals surface area contributed by atoms with Crippen molar-refractivity contribution in [3.8, 4) is 20.9 Å². The Hall–Kier alpha value is -1.97. The minimum atomic E-state index is 0.367. The summed E-state index contributed by atoms with van der Waals surface area (Å²) in [6.07, 6.45) is 0. The summed E-state index contributed by atoms with van der Waals surface area (Å²) in [5.74, 6) is 0. The molecule has 0 N–H and O–H groups in total. The average Bonchev–Trinajstić information content (AvgIpc) is 3.08. The van der Waals surface area contributed by atoms with Gasteiger partial charge in [0.1, 0.15) is 4.99 Å². The normalized spacial score (nSPS) is 11.2. The molecule has 0 aliphatic heterocycles. The molecule has 0 atom stereocenters. The Morgan fingerprint density at radius 2 is 1.31 bits per heavy atom. The van der Waals surface area contributed by atoms with Crippen molar-refractivity contribution >= 4 is 28.5 Å². The van der Waals surface area contributed by atoms with Gasteiger partial charge < -0.3 is 4.90 Å². The summed E-state index contributed by atoms with van der Waals surface area (Å²) in [6.45, 7) is 8.83. The van der Waals surface area contributed by atoms with Gasteiger partial charge in [0, 0.05) is 27.4 Å². The third-order valence-corrected chi connectivity index (χ3v) is 6.07. The van der Waals surface area contributed by atoms with Crippen LogP contribution >= 0.6 is 23.6 Å². The number of benzene rings is 2. The summed E-state index contributed by atoms with van der Waals surface area (Å²) >= 11 is 7.80. The van der Waals surface area contributed by atoms with Crippen LogP contribution in [0.25, 0.3) is 20.9 Å². The fourth-order valence-corrected chi connectivity index (χ4v) is 5.12. The van der Waals surface area contributed by atoms with Crippen LogP contribution in [0.4, 0.5) is 0 Å². The smallest absolute Gasteiger partial charge is 0.111 e. The summed E-state index contributed by atoms with van der Waals surface area (Å²) in [4.78, 5) is 5.78. The van der Waals surface area contributed by atoms with E-state index in [2.05, 4.69) is 99.3 Å². The predicted molar refractivity (Wildman–Crippen MR) is 119 cm³/mol. The van der Waals surface area contributed by atoms with Gasteiger partial charge in [-0.25, -0.2) is 0 Å². The van der Waals surface area contributed by atoms with Crippen molar-refractivity contribution in [1.82, 2.24) is 4.90 Å². The average molecular weight is 380 g/mol. The lowest BCUT2D eigenvalue weighted by atomic mass is 10.1. The number of hydrogen-bond acceptors (Lipinski definition) is 2. The molecule has 26 heavy (non-hydrogen) atoms. The molecule has 1 heterocycles. The molecule has 3 aromatic rings. The molecule has 0 unspecified atom stereocenters. The molecule has 3 rings (SSSR count). The lowest BCUT2D eigenvalue weighted by molar-refractivity contribution is 0.298. The molecule has 0 radical (unpaired) electrons. The highest BCUT2D eigenvalue weighted by Gasteiger charge is 2.23. The molecule has 0 saturated carbocycles. The molecule has 0 amide bonds. The number of rotatable bonds is 5. The van der Waals surface area contributed by atoms with Gasteiger partial charge in [0.05, 0.1) is 0 Å². The quantitative estimate of drug-likeness (QED) is 0.445. The zero-order valence-electron chi connectivity index (χ0n) is 15.8. The van der Waals surface area contributed by atoms with E-state index in [9.17, 15) is 0 Å². The van der Waals surface area contributed by atoms with Gasteiger partial charge in [-0.3, -0.25) is 0 Å². The third-order valence-electron chi connectivity index (χ3n) is 4.40. The van der Waals surface area contributed by atoms with Crippen LogP contribution in [0.5, 0.6) is 0 Å². The molecule has 0 spiro atoms. The van der Waals surface area contributed by atoms with Crippen LogP contribution in [0.15, 0.2) is 66.7 Å². The van der Waals surface area contributed by atoms with Crippen LogP contribution in [0.2, 0.25) is 0 Å². The predicted octanol–water partition coefficient (Wildman–Crippen LogP) is 6.88. The summed E-state index contributed by atoms with van der Waals surface area (Å²) in [6, 6.07) is 24.1. The van der Waals surface area contributed by atoms with Crippen molar-refractivity contribution in [1.29, 1.82) is 0 Å². The maximum Gasteiger partial charge on any atom is 0.111 e. The van der Waals surface area contributed by atoms with Gasteiger partial charge in [-0.05, 0) is 44.9 Å². The third kappa shape index (κ3) is 3.89. The van der Waals surface area contributed by atoms with Crippen LogP contribution in [-0.4, -0.2) is 22.0 Å². The van der Waals surface area contributed by atoms with Gasteiger partial charge in [0.2, 0.25) is 0 Å². The molecule has 134 valence electrons. The highest BCUT2D eigenvalue weighted by Crippen LogP contribution is 2.39. The molecule has 0 fully saturated rings. The van der Waals surface area contributed by atoms with Gasteiger partial charge >= 0.3 is 0 Å². The standard InChI is InChI=1S/C23H25NS2/c1-16(2)24(17(3)4)23(25)20-15-21(18-11-7-5-8-12-18)26-22(20)19-13-9-6-10-14-19/h5-17H,1-4H3. The van der Waals surface area contributed by atoms with Gasteiger partial charge in [0.25, 0.3) is 0 Å². The Kier molecular flexibility index (Phi) is 5.90. The molecule has 0 aliphatic carbocycles. The highest BCUT2D eigenvalue weighted by atomic mass is 32.1. The van der Waals surface area contributed by atoms with Crippen LogP contribution in [0.3, 0.4) is 0 Å². The van der Waals surface area contributed by atoms with Crippen molar-refractivity contribution in [3.05, 3.63) is 72.3 Å². The fraction of sp³-hybridized carbons (Fsp3) is 0.261. The first kappa shape index (κ1) is 18.8. The largest absolute Gasteiger partial charge is 0.357 e. The van der Waals surface area contributed by atoms with E-state index < -0.39 is 0 Å². The minimum absolute atomic E-state index is 0.367. The maximum absolute atomic E-state index is 5.98. The second kappa shape index (κ2) is 8.15. The van der Waals surface area contributed by atoms with E-state index in [0.717, 1.165) is 10.6 Å².